The summed E-state index contributed by atoms with van der Waals surface area (Å²) in [5.41, 5.74) is 0.0252. The van der Waals surface area contributed by atoms with Crippen molar-refractivity contribution >= 4 is 27.6 Å². The van der Waals surface area contributed by atoms with Crippen molar-refractivity contribution in [2.45, 2.75) is 0 Å². The van der Waals surface area contributed by atoms with Gasteiger partial charge in [-0.1, -0.05) is 18.2 Å². The monoisotopic (exact) mass is 285 g/mol. The summed E-state index contributed by atoms with van der Waals surface area (Å²) in [7, 11) is 1.16. The van der Waals surface area contributed by atoms with Gasteiger partial charge in [0.2, 0.25) is 0 Å². The fourth-order valence-corrected chi connectivity index (χ4v) is 1.63. The number of esters is 1. The van der Waals surface area contributed by atoms with Crippen molar-refractivity contribution in [3.8, 4) is 0 Å². The molecule has 0 aromatic heterocycles. The van der Waals surface area contributed by atoms with Crippen molar-refractivity contribution in [1.82, 2.24) is 0 Å². The first-order chi connectivity index (χ1) is 7.57. The van der Waals surface area contributed by atoms with Gasteiger partial charge in [-0.15, -0.1) is 0 Å². The number of hydrogen-bond donors (Lipinski definition) is 0. The normalized spacial score (nSPS) is 11.6. The predicted molar refractivity (Wildman–Crippen MR) is 61.3 cm³/mol. The molecule has 0 bridgehead atoms. The maximum atomic E-state index is 11.2. The molecule has 0 N–H and O–H groups in total. The van der Waals surface area contributed by atoms with E-state index in [1.807, 2.05) is 0 Å². The minimum absolute atomic E-state index is 0.203. The Balaban J connectivity index is 3.30. The summed E-state index contributed by atoms with van der Waals surface area (Å²) in [5.74, 6) is -0.782. The predicted octanol–water partition coefficient (Wildman–Crippen LogP) is 2.20. The molecule has 0 aliphatic carbocycles. The molecule has 0 fully saturated rings. The number of carbonyl (C=O) groups excluding carboxylic acids is 1. The van der Waals surface area contributed by atoms with Crippen LogP contribution < -0.4 is 0 Å². The molecule has 0 saturated heterocycles. The van der Waals surface area contributed by atoms with Gasteiger partial charge < -0.3 is 4.74 Å². The number of nitrogens with zero attached hydrogens (tertiary/aromatic N) is 1. The lowest BCUT2D eigenvalue weighted by Gasteiger charge is -2.01. The van der Waals surface area contributed by atoms with Gasteiger partial charge in [-0.25, -0.2) is 4.79 Å². The van der Waals surface area contributed by atoms with Crippen molar-refractivity contribution in [2.75, 3.05) is 7.11 Å². The SMILES string of the molecule is COC(=O)/C(Br)=C(/c1ccccc1)[N+](=O)[O-]. The third-order valence-corrected chi connectivity index (χ3v) is 2.50. The van der Waals surface area contributed by atoms with Gasteiger partial charge in [0.15, 0.2) is 4.48 Å². The Hall–Kier alpha value is -1.69. The zero-order chi connectivity index (χ0) is 12.1. The smallest absolute Gasteiger partial charge is 0.352 e. The molecule has 0 radical (unpaired) electrons. The Kier molecular flexibility index (Phi) is 4.19. The molecule has 0 aliphatic heterocycles. The second-order valence-electron chi connectivity index (χ2n) is 2.78. The quantitative estimate of drug-likeness (QED) is 0.369. The van der Waals surface area contributed by atoms with E-state index in [2.05, 4.69) is 20.7 Å². The Morgan fingerprint density at radius 2 is 1.94 bits per heavy atom. The molecule has 0 atom stereocenters. The van der Waals surface area contributed by atoms with Gasteiger partial charge in [0.25, 0.3) is 5.70 Å². The lowest BCUT2D eigenvalue weighted by molar-refractivity contribution is -0.375. The largest absolute Gasteiger partial charge is 0.465 e. The number of ether oxygens (including phenoxy) is 1. The van der Waals surface area contributed by atoms with Crippen molar-refractivity contribution in [2.24, 2.45) is 0 Å². The molecule has 0 aliphatic rings. The van der Waals surface area contributed by atoms with Gasteiger partial charge in [0.05, 0.1) is 17.6 Å². The van der Waals surface area contributed by atoms with E-state index in [9.17, 15) is 14.9 Å². The Morgan fingerprint density at radius 1 is 1.38 bits per heavy atom. The number of halogens is 1. The van der Waals surface area contributed by atoms with E-state index in [1.54, 1.807) is 30.3 Å². The number of rotatable bonds is 3. The zero-order valence-corrected chi connectivity index (χ0v) is 9.93. The van der Waals surface area contributed by atoms with Crippen LogP contribution in [0.2, 0.25) is 0 Å². The van der Waals surface area contributed by atoms with Crippen LogP contribution in [0.4, 0.5) is 0 Å². The van der Waals surface area contributed by atoms with E-state index in [-0.39, 0.29) is 10.2 Å². The highest BCUT2D eigenvalue weighted by Crippen LogP contribution is 2.24. The van der Waals surface area contributed by atoms with Gasteiger partial charge in [-0.05, 0) is 28.1 Å². The number of hydrogen-bond acceptors (Lipinski definition) is 4. The number of carbonyl (C=O) groups is 1. The van der Waals surface area contributed by atoms with E-state index in [0.717, 1.165) is 7.11 Å². The minimum Gasteiger partial charge on any atom is -0.465 e. The highest BCUT2D eigenvalue weighted by molar-refractivity contribution is 9.12. The second-order valence-corrected chi connectivity index (χ2v) is 3.57. The molecule has 5 nitrogen and oxygen atoms in total. The Labute approximate surface area is 100.0 Å². The first-order valence-corrected chi connectivity index (χ1v) is 5.05. The van der Waals surface area contributed by atoms with Gasteiger partial charge in [-0.2, -0.15) is 0 Å². The van der Waals surface area contributed by atoms with E-state index >= 15 is 0 Å². The number of methoxy groups -OCH3 is 1. The molecular weight excluding hydrogens is 278 g/mol. The first-order valence-electron chi connectivity index (χ1n) is 4.25. The average Bonchev–Trinajstić information content (AvgIpc) is 2.29. The first kappa shape index (κ1) is 12.4. The van der Waals surface area contributed by atoms with Gasteiger partial charge in [-0.3, -0.25) is 10.1 Å². The van der Waals surface area contributed by atoms with Crippen molar-refractivity contribution in [3.63, 3.8) is 0 Å². The van der Waals surface area contributed by atoms with Gasteiger partial charge in [0, 0.05) is 0 Å². The van der Waals surface area contributed by atoms with E-state index in [4.69, 9.17) is 0 Å². The molecule has 1 rings (SSSR count). The standard InChI is InChI=1S/C10H8BrNO4/c1-16-10(13)8(11)9(12(14)15)7-5-3-2-4-6-7/h2-6H,1H3/b9-8+. The van der Waals surface area contributed by atoms with Crippen LogP contribution in [0.5, 0.6) is 0 Å². The molecule has 16 heavy (non-hydrogen) atoms. The topological polar surface area (TPSA) is 69.4 Å². The summed E-state index contributed by atoms with van der Waals surface area (Å²) in [4.78, 5) is 21.4. The van der Waals surface area contributed by atoms with Crippen LogP contribution in [0.1, 0.15) is 5.56 Å². The van der Waals surface area contributed by atoms with Crippen LogP contribution in [-0.4, -0.2) is 18.0 Å². The van der Waals surface area contributed by atoms with Crippen LogP contribution in [0.15, 0.2) is 34.8 Å². The molecular formula is C10H8BrNO4. The molecule has 84 valence electrons. The van der Waals surface area contributed by atoms with Crippen molar-refractivity contribution < 1.29 is 14.5 Å². The summed E-state index contributed by atoms with van der Waals surface area (Å²) >= 11 is 2.87. The molecule has 1 aromatic carbocycles. The highest BCUT2D eigenvalue weighted by atomic mass is 79.9. The molecule has 1 aromatic rings. The van der Waals surface area contributed by atoms with Crippen molar-refractivity contribution in [3.05, 3.63) is 50.5 Å². The van der Waals surface area contributed by atoms with Crippen LogP contribution >= 0.6 is 15.9 Å². The van der Waals surface area contributed by atoms with Gasteiger partial charge in [0.1, 0.15) is 0 Å². The highest BCUT2D eigenvalue weighted by Gasteiger charge is 2.24. The molecule has 0 heterocycles. The maximum Gasteiger partial charge on any atom is 0.352 e. The number of benzene rings is 1. The average molecular weight is 286 g/mol. The minimum atomic E-state index is -0.782. The lowest BCUT2D eigenvalue weighted by Crippen LogP contribution is -2.07. The molecule has 0 spiro atoms. The summed E-state index contributed by atoms with van der Waals surface area (Å²) in [6, 6.07) is 8.12. The summed E-state index contributed by atoms with van der Waals surface area (Å²) < 4.78 is 4.21. The molecule has 0 unspecified atom stereocenters. The van der Waals surface area contributed by atoms with Crippen LogP contribution in [-0.2, 0) is 9.53 Å². The van der Waals surface area contributed by atoms with Crippen LogP contribution in [0.3, 0.4) is 0 Å². The van der Waals surface area contributed by atoms with E-state index < -0.39 is 10.9 Å². The second kappa shape index (κ2) is 5.41. The fourth-order valence-electron chi connectivity index (χ4n) is 1.09. The van der Waals surface area contributed by atoms with Crippen LogP contribution in [0.25, 0.3) is 5.70 Å². The zero-order valence-electron chi connectivity index (χ0n) is 8.34. The molecule has 0 saturated carbocycles. The van der Waals surface area contributed by atoms with E-state index in [1.165, 1.54) is 0 Å². The third-order valence-electron chi connectivity index (χ3n) is 1.80. The van der Waals surface area contributed by atoms with Crippen molar-refractivity contribution in [1.29, 1.82) is 0 Å². The Morgan fingerprint density at radius 3 is 2.38 bits per heavy atom. The lowest BCUT2D eigenvalue weighted by atomic mass is 10.1. The van der Waals surface area contributed by atoms with E-state index in [0.29, 0.717) is 5.56 Å². The molecule has 0 amide bonds. The number of nitro groups is 1. The summed E-state index contributed by atoms with van der Waals surface area (Å²) in [6.07, 6.45) is 0. The Bertz CT molecular complexity index is 441. The summed E-state index contributed by atoms with van der Waals surface area (Å²) in [6.45, 7) is 0. The van der Waals surface area contributed by atoms with Crippen LogP contribution in [0, 0.1) is 10.1 Å². The van der Waals surface area contributed by atoms with Gasteiger partial charge >= 0.3 is 5.97 Å². The third kappa shape index (κ3) is 2.66. The summed E-state index contributed by atoms with van der Waals surface area (Å²) in [5, 5.41) is 10.9. The maximum absolute atomic E-state index is 11.2. The molecule has 6 heteroatoms. The fraction of sp³-hybridized carbons (Fsp3) is 0.100.